The highest BCUT2D eigenvalue weighted by atomic mass is 79.9. The van der Waals surface area contributed by atoms with Gasteiger partial charge in [0.15, 0.2) is 5.11 Å². The second kappa shape index (κ2) is 9.02. The van der Waals surface area contributed by atoms with E-state index < -0.39 is 5.97 Å². The molecule has 0 bridgehead atoms. The van der Waals surface area contributed by atoms with Crippen molar-refractivity contribution in [2.45, 2.75) is 26.2 Å². The molecule has 1 aromatic carbocycles. The summed E-state index contributed by atoms with van der Waals surface area (Å²) < 4.78 is 11.0. The topological polar surface area (TPSA) is 76.7 Å². The molecule has 9 heteroatoms. The Balaban J connectivity index is 1.72. The number of aryl methyl sites for hydroxylation is 1. The van der Waals surface area contributed by atoms with Crippen LogP contribution in [0.4, 0.5) is 5.00 Å². The molecule has 0 atom stereocenters. The minimum absolute atomic E-state index is 0.125. The van der Waals surface area contributed by atoms with E-state index in [1.54, 1.807) is 18.2 Å². The lowest BCUT2D eigenvalue weighted by molar-refractivity contribution is 0.0601. The zero-order chi connectivity index (χ0) is 20.3. The molecule has 1 aliphatic carbocycles. The summed E-state index contributed by atoms with van der Waals surface area (Å²) in [6.45, 7) is 2.42. The maximum absolute atomic E-state index is 12.5. The number of halogens is 1. The third-order valence-electron chi connectivity index (χ3n) is 4.26. The van der Waals surface area contributed by atoms with E-state index in [1.165, 1.54) is 18.4 Å². The van der Waals surface area contributed by atoms with Crippen molar-refractivity contribution >= 4 is 61.5 Å². The van der Waals surface area contributed by atoms with Gasteiger partial charge >= 0.3 is 5.97 Å². The van der Waals surface area contributed by atoms with E-state index in [0.29, 0.717) is 33.0 Å². The van der Waals surface area contributed by atoms with Gasteiger partial charge in [-0.1, -0.05) is 0 Å². The Kier molecular flexibility index (Phi) is 6.69. The molecule has 0 radical (unpaired) electrons. The first-order valence-electron chi connectivity index (χ1n) is 8.72. The molecular formula is C19H19BrN2O4S2. The van der Waals surface area contributed by atoms with Crippen molar-refractivity contribution in [3.8, 4) is 5.75 Å². The van der Waals surface area contributed by atoms with Gasteiger partial charge in [-0.05, 0) is 78.1 Å². The number of hydrogen-bond acceptors (Lipinski definition) is 6. The number of methoxy groups -OCH3 is 1. The molecule has 1 aromatic heterocycles. The fraction of sp³-hybridized carbons (Fsp3) is 0.316. The predicted octanol–water partition coefficient (Wildman–Crippen LogP) is 4.31. The molecule has 2 aromatic rings. The number of carbonyl (C=O) groups excluding carboxylic acids is 2. The Bertz CT molecular complexity index is 942. The van der Waals surface area contributed by atoms with Gasteiger partial charge < -0.3 is 14.8 Å². The van der Waals surface area contributed by atoms with Crippen molar-refractivity contribution in [2.24, 2.45) is 0 Å². The number of thiocarbonyl (C=S) groups is 1. The standard InChI is InChI=1S/C19H19BrN2O4S2/c1-3-26-13-8-7-10(9-12(13)20)16(23)21-19(27)22-17-15(18(24)25-2)11-5-4-6-14(11)28-17/h7-9H,3-6H2,1-2H3,(H2,21,22,23,27). The highest BCUT2D eigenvalue weighted by Crippen LogP contribution is 2.39. The number of esters is 1. The van der Waals surface area contributed by atoms with Crippen LogP contribution in [0, 0.1) is 0 Å². The summed E-state index contributed by atoms with van der Waals surface area (Å²) in [7, 11) is 1.36. The molecule has 1 amide bonds. The van der Waals surface area contributed by atoms with E-state index >= 15 is 0 Å². The molecule has 6 nitrogen and oxygen atoms in total. The number of hydrogen-bond donors (Lipinski definition) is 2. The van der Waals surface area contributed by atoms with Gasteiger partial charge in [-0.2, -0.15) is 0 Å². The van der Waals surface area contributed by atoms with Crippen molar-refractivity contribution in [2.75, 3.05) is 19.0 Å². The van der Waals surface area contributed by atoms with Crippen molar-refractivity contribution in [1.29, 1.82) is 0 Å². The van der Waals surface area contributed by atoms with Crippen LogP contribution in [0.15, 0.2) is 22.7 Å². The van der Waals surface area contributed by atoms with Crippen LogP contribution in [0.5, 0.6) is 5.75 Å². The Morgan fingerprint density at radius 2 is 2.11 bits per heavy atom. The summed E-state index contributed by atoms with van der Waals surface area (Å²) in [4.78, 5) is 25.9. The van der Waals surface area contributed by atoms with E-state index in [1.807, 2.05) is 6.92 Å². The van der Waals surface area contributed by atoms with E-state index in [-0.39, 0.29) is 11.0 Å². The normalized spacial score (nSPS) is 12.2. The average molecular weight is 483 g/mol. The van der Waals surface area contributed by atoms with Gasteiger partial charge in [0.2, 0.25) is 0 Å². The minimum Gasteiger partial charge on any atom is -0.493 e. The predicted molar refractivity (Wildman–Crippen MR) is 117 cm³/mol. The van der Waals surface area contributed by atoms with Crippen LogP contribution < -0.4 is 15.4 Å². The molecule has 1 heterocycles. The number of benzene rings is 1. The first kappa shape index (κ1) is 20.8. The maximum Gasteiger partial charge on any atom is 0.341 e. The number of rotatable bonds is 5. The lowest BCUT2D eigenvalue weighted by atomic mass is 10.1. The van der Waals surface area contributed by atoms with Crippen LogP contribution in [0.2, 0.25) is 0 Å². The number of carbonyl (C=O) groups is 2. The Morgan fingerprint density at radius 1 is 1.32 bits per heavy atom. The highest BCUT2D eigenvalue weighted by molar-refractivity contribution is 9.10. The largest absolute Gasteiger partial charge is 0.493 e. The lowest BCUT2D eigenvalue weighted by Gasteiger charge is -2.11. The van der Waals surface area contributed by atoms with Crippen LogP contribution in [0.3, 0.4) is 0 Å². The van der Waals surface area contributed by atoms with Gasteiger partial charge in [-0.15, -0.1) is 11.3 Å². The Hall–Kier alpha value is -1.97. The number of ether oxygens (including phenoxy) is 2. The number of thiophene rings is 1. The van der Waals surface area contributed by atoms with Crippen molar-refractivity contribution in [3.63, 3.8) is 0 Å². The summed E-state index contributed by atoms with van der Waals surface area (Å²) >= 11 is 10.1. The summed E-state index contributed by atoms with van der Waals surface area (Å²) in [5.74, 6) is -0.0907. The smallest absolute Gasteiger partial charge is 0.341 e. The molecule has 0 fully saturated rings. The fourth-order valence-corrected chi connectivity index (χ4v) is 5.07. The molecule has 0 unspecified atom stereocenters. The second-order valence-corrected chi connectivity index (χ2v) is 8.41. The summed E-state index contributed by atoms with van der Waals surface area (Å²) in [6, 6.07) is 5.05. The molecule has 0 spiro atoms. The van der Waals surface area contributed by atoms with E-state index in [9.17, 15) is 9.59 Å². The van der Waals surface area contributed by atoms with E-state index in [2.05, 4.69) is 26.6 Å². The SMILES string of the molecule is CCOc1ccc(C(=O)NC(=S)Nc2sc3c(c2C(=O)OC)CCC3)cc1Br. The molecule has 0 saturated carbocycles. The molecule has 0 saturated heterocycles. The van der Waals surface area contributed by atoms with Gasteiger partial charge in [0.25, 0.3) is 5.91 Å². The van der Waals surface area contributed by atoms with Gasteiger partial charge in [0.05, 0.1) is 23.8 Å². The quantitative estimate of drug-likeness (QED) is 0.488. The average Bonchev–Trinajstić information content (AvgIpc) is 3.23. The number of nitrogens with one attached hydrogen (secondary N) is 2. The monoisotopic (exact) mass is 482 g/mol. The number of amides is 1. The minimum atomic E-state index is -0.397. The third kappa shape index (κ3) is 4.37. The van der Waals surface area contributed by atoms with Crippen LogP contribution >= 0.6 is 39.5 Å². The molecular weight excluding hydrogens is 464 g/mol. The third-order valence-corrected chi connectivity index (χ3v) is 6.29. The van der Waals surface area contributed by atoms with Crippen LogP contribution in [0.1, 0.15) is 44.5 Å². The van der Waals surface area contributed by atoms with E-state index in [4.69, 9.17) is 21.7 Å². The number of fused-ring (bicyclic) bond motifs is 1. The molecule has 148 valence electrons. The maximum atomic E-state index is 12.5. The van der Waals surface area contributed by atoms with Crippen LogP contribution in [-0.4, -0.2) is 30.7 Å². The zero-order valence-corrected chi connectivity index (χ0v) is 18.6. The first-order chi connectivity index (χ1) is 13.4. The molecule has 28 heavy (non-hydrogen) atoms. The Morgan fingerprint density at radius 3 is 2.79 bits per heavy atom. The second-order valence-electron chi connectivity index (χ2n) is 6.04. The van der Waals surface area contributed by atoms with Crippen LogP contribution in [0.25, 0.3) is 0 Å². The Labute approximate surface area is 180 Å². The van der Waals surface area contributed by atoms with Gasteiger partial charge in [0, 0.05) is 10.4 Å². The van der Waals surface area contributed by atoms with Gasteiger partial charge in [0.1, 0.15) is 10.8 Å². The molecule has 1 aliphatic rings. The van der Waals surface area contributed by atoms with E-state index in [0.717, 1.165) is 29.7 Å². The first-order valence-corrected chi connectivity index (χ1v) is 10.7. The summed E-state index contributed by atoms with van der Waals surface area (Å²) in [5.41, 5.74) is 1.96. The van der Waals surface area contributed by atoms with Crippen molar-refractivity contribution < 1.29 is 19.1 Å². The summed E-state index contributed by atoms with van der Waals surface area (Å²) in [5, 5.41) is 6.36. The van der Waals surface area contributed by atoms with Gasteiger partial charge in [-0.3, -0.25) is 10.1 Å². The van der Waals surface area contributed by atoms with Crippen molar-refractivity contribution in [1.82, 2.24) is 5.32 Å². The van der Waals surface area contributed by atoms with Crippen LogP contribution in [-0.2, 0) is 17.6 Å². The lowest BCUT2D eigenvalue weighted by Crippen LogP contribution is -2.34. The molecule has 3 rings (SSSR count). The molecule has 2 N–H and O–H groups in total. The molecule has 0 aliphatic heterocycles. The number of anilines is 1. The summed E-state index contributed by atoms with van der Waals surface area (Å²) in [6.07, 6.45) is 2.81. The highest BCUT2D eigenvalue weighted by Gasteiger charge is 2.27. The fourth-order valence-electron chi connectivity index (χ4n) is 3.03. The zero-order valence-electron chi connectivity index (χ0n) is 15.4. The van der Waals surface area contributed by atoms with Gasteiger partial charge in [-0.25, -0.2) is 4.79 Å². The van der Waals surface area contributed by atoms with Crippen molar-refractivity contribution in [3.05, 3.63) is 44.2 Å².